The van der Waals surface area contributed by atoms with Crippen molar-refractivity contribution >= 4 is 0 Å². The van der Waals surface area contributed by atoms with E-state index in [1.54, 1.807) is 0 Å². The molecule has 3 heteroatoms. The lowest BCUT2D eigenvalue weighted by Gasteiger charge is -2.32. The fraction of sp³-hybridized carbons (Fsp3) is 0.643. The third kappa shape index (κ3) is 4.10. The van der Waals surface area contributed by atoms with Crippen LogP contribution in [0.5, 0.6) is 0 Å². The van der Waals surface area contributed by atoms with Crippen LogP contribution in [-0.4, -0.2) is 41.2 Å². The van der Waals surface area contributed by atoms with Gasteiger partial charge in [0.25, 0.3) is 0 Å². The van der Waals surface area contributed by atoms with E-state index in [1.165, 1.54) is 24.9 Å². The highest BCUT2D eigenvalue weighted by Gasteiger charge is 2.18. The van der Waals surface area contributed by atoms with Gasteiger partial charge in [-0.3, -0.25) is 4.98 Å². The van der Waals surface area contributed by atoms with Crippen molar-refractivity contribution in [2.45, 2.75) is 25.7 Å². The van der Waals surface area contributed by atoms with Crippen LogP contribution in [0.15, 0.2) is 24.5 Å². The molecule has 1 aromatic heterocycles. The zero-order chi connectivity index (χ0) is 11.9. The Bertz CT molecular complexity index is 313. The molecule has 2 rings (SSSR count). The summed E-state index contributed by atoms with van der Waals surface area (Å²) in [5.74, 6) is 0.697. The van der Waals surface area contributed by atoms with E-state index < -0.39 is 0 Å². The largest absolute Gasteiger partial charge is 0.396 e. The Morgan fingerprint density at radius 3 is 3.18 bits per heavy atom. The van der Waals surface area contributed by atoms with Crippen LogP contribution in [0.2, 0.25) is 0 Å². The molecule has 0 aromatic carbocycles. The van der Waals surface area contributed by atoms with Crippen molar-refractivity contribution in [3.8, 4) is 0 Å². The van der Waals surface area contributed by atoms with E-state index in [1.807, 2.05) is 18.5 Å². The van der Waals surface area contributed by atoms with Crippen LogP contribution in [0.25, 0.3) is 0 Å². The average molecular weight is 234 g/mol. The molecule has 1 aromatic rings. The molecule has 1 atom stereocenters. The number of aliphatic hydroxyl groups is 1. The standard InChI is InChI=1S/C14H22N2O/c17-10-6-14-4-2-8-16(12-14)9-5-13-3-1-7-15-11-13/h1,3,7,11,14,17H,2,4-6,8-10,12H2. The topological polar surface area (TPSA) is 36.4 Å². The van der Waals surface area contributed by atoms with E-state index in [0.717, 1.165) is 25.9 Å². The molecule has 2 heterocycles. The molecule has 0 amide bonds. The molecule has 0 aliphatic carbocycles. The van der Waals surface area contributed by atoms with E-state index in [-0.39, 0.29) is 0 Å². The van der Waals surface area contributed by atoms with Gasteiger partial charge in [-0.15, -0.1) is 0 Å². The van der Waals surface area contributed by atoms with Crippen LogP contribution >= 0.6 is 0 Å². The van der Waals surface area contributed by atoms with Crippen LogP contribution in [0, 0.1) is 5.92 Å². The van der Waals surface area contributed by atoms with E-state index in [2.05, 4.69) is 16.0 Å². The first-order chi connectivity index (χ1) is 8.38. The number of nitrogens with zero attached hydrogens (tertiary/aromatic N) is 2. The number of rotatable bonds is 5. The SMILES string of the molecule is OCCC1CCCN(CCc2cccnc2)C1. The Balaban J connectivity index is 1.75. The second kappa shape index (κ2) is 6.72. The average Bonchev–Trinajstić information content (AvgIpc) is 2.39. The van der Waals surface area contributed by atoms with Crippen LogP contribution < -0.4 is 0 Å². The molecule has 0 radical (unpaired) electrons. The summed E-state index contributed by atoms with van der Waals surface area (Å²) in [6.45, 7) is 3.82. The van der Waals surface area contributed by atoms with Gasteiger partial charge in [0.1, 0.15) is 0 Å². The van der Waals surface area contributed by atoms with Gasteiger partial charge in [0.05, 0.1) is 0 Å². The number of piperidine rings is 1. The van der Waals surface area contributed by atoms with Crippen LogP contribution in [0.3, 0.4) is 0 Å². The second-order valence-electron chi connectivity index (χ2n) is 4.93. The summed E-state index contributed by atoms with van der Waals surface area (Å²) >= 11 is 0. The molecular formula is C14H22N2O. The van der Waals surface area contributed by atoms with Crippen molar-refractivity contribution < 1.29 is 5.11 Å². The molecule has 1 fully saturated rings. The second-order valence-corrected chi connectivity index (χ2v) is 4.93. The predicted octanol–water partition coefficient (Wildman–Crippen LogP) is 1.72. The molecular weight excluding hydrogens is 212 g/mol. The molecule has 0 spiro atoms. The van der Waals surface area contributed by atoms with Gasteiger partial charge in [-0.05, 0) is 49.8 Å². The van der Waals surface area contributed by atoms with E-state index in [4.69, 9.17) is 5.11 Å². The lowest BCUT2D eigenvalue weighted by molar-refractivity contribution is 0.149. The smallest absolute Gasteiger partial charge is 0.0434 e. The van der Waals surface area contributed by atoms with Crippen LogP contribution in [0.4, 0.5) is 0 Å². The molecule has 0 bridgehead atoms. The van der Waals surface area contributed by atoms with Crippen molar-refractivity contribution in [2.75, 3.05) is 26.2 Å². The number of pyridine rings is 1. The van der Waals surface area contributed by atoms with Gasteiger partial charge in [-0.25, -0.2) is 0 Å². The first-order valence-electron chi connectivity index (χ1n) is 6.60. The number of hydrogen-bond donors (Lipinski definition) is 1. The molecule has 1 unspecified atom stereocenters. The summed E-state index contributed by atoms with van der Waals surface area (Å²) in [7, 11) is 0. The highest BCUT2D eigenvalue weighted by Crippen LogP contribution is 2.19. The minimum atomic E-state index is 0.334. The number of aliphatic hydroxyl groups excluding tert-OH is 1. The van der Waals surface area contributed by atoms with E-state index >= 15 is 0 Å². The molecule has 1 aliphatic heterocycles. The lowest BCUT2D eigenvalue weighted by atomic mass is 9.95. The molecule has 3 nitrogen and oxygen atoms in total. The Labute approximate surface area is 103 Å². The predicted molar refractivity (Wildman–Crippen MR) is 68.8 cm³/mol. The fourth-order valence-corrected chi connectivity index (χ4v) is 2.61. The lowest BCUT2D eigenvalue weighted by Crippen LogP contribution is -2.37. The van der Waals surface area contributed by atoms with Crippen molar-refractivity contribution in [2.24, 2.45) is 5.92 Å². The van der Waals surface area contributed by atoms with Crippen molar-refractivity contribution in [3.63, 3.8) is 0 Å². The normalized spacial score (nSPS) is 21.6. The third-order valence-electron chi connectivity index (χ3n) is 3.58. The molecule has 0 saturated carbocycles. The van der Waals surface area contributed by atoms with Gasteiger partial charge in [0, 0.05) is 32.1 Å². The Kier molecular flexibility index (Phi) is 4.95. The third-order valence-corrected chi connectivity index (χ3v) is 3.58. The van der Waals surface area contributed by atoms with Crippen LogP contribution in [-0.2, 0) is 6.42 Å². The summed E-state index contributed by atoms with van der Waals surface area (Å²) in [6, 6.07) is 4.14. The molecule has 1 saturated heterocycles. The Morgan fingerprint density at radius 1 is 1.47 bits per heavy atom. The maximum absolute atomic E-state index is 8.99. The monoisotopic (exact) mass is 234 g/mol. The molecule has 1 aliphatic rings. The van der Waals surface area contributed by atoms with Crippen molar-refractivity contribution in [1.82, 2.24) is 9.88 Å². The quantitative estimate of drug-likeness (QED) is 0.842. The zero-order valence-electron chi connectivity index (χ0n) is 10.4. The number of aromatic nitrogens is 1. The Hall–Kier alpha value is -0.930. The van der Waals surface area contributed by atoms with E-state index in [9.17, 15) is 0 Å². The van der Waals surface area contributed by atoms with Gasteiger partial charge in [-0.1, -0.05) is 6.07 Å². The van der Waals surface area contributed by atoms with Gasteiger partial charge in [-0.2, -0.15) is 0 Å². The van der Waals surface area contributed by atoms with Gasteiger partial charge in [0.15, 0.2) is 0 Å². The summed E-state index contributed by atoms with van der Waals surface area (Å²) < 4.78 is 0. The summed E-state index contributed by atoms with van der Waals surface area (Å²) in [4.78, 5) is 6.67. The van der Waals surface area contributed by atoms with Gasteiger partial charge >= 0.3 is 0 Å². The highest BCUT2D eigenvalue weighted by atomic mass is 16.3. The minimum Gasteiger partial charge on any atom is -0.396 e. The first-order valence-corrected chi connectivity index (χ1v) is 6.60. The summed E-state index contributed by atoms with van der Waals surface area (Å²) in [5.41, 5.74) is 1.32. The number of likely N-dealkylation sites (tertiary alicyclic amines) is 1. The molecule has 1 N–H and O–H groups in total. The zero-order valence-corrected chi connectivity index (χ0v) is 10.4. The van der Waals surface area contributed by atoms with Crippen LogP contribution in [0.1, 0.15) is 24.8 Å². The van der Waals surface area contributed by atoms with Crippen molar-refractivity contribution in [1.29, 1.82) is 0 Å². The summed E-state index contributed by atoms with van der Waals surface area (Å²) in [5, 5.41) is 8.99. The fourth-order valence-electron chi connectivity index (χ4n) is 2.61. The van der Waals surface area contributed by atoms with Crippen molar-refractivity contribution in [3.05, 3.63) is 30.1 Å². The van der Waals surface area contributed by atoms with Gasteiger partial charge < -0.3 is 10.0 Å². The summed E-state index contributed by atoms with van der Waals surface area (Å²) in [6.07, 6.45) is 8.38. The van der Waals surface area contributed by atoms with E-state index in [0.29, 0.717) is 12.5 Å². The maximum Gasteiger partial charge on any atom is 0.0434 e. The highest BCUT2D eigenvalue weighted by molar-refractivity contribution is 5.08. The minimum absolute atomic E-state index is 0.334. The Morgan fingerprint density at radius 2 is 2.41 bits per heavy atom. The maximum atomic E-state index is 8.99. The number of hydrogen-bond acceptors (Lipinski definition) is 3. The molecule has 17 heavy (non-hydrogen) atoms. The first kappa shape index (κ1) is 12.5. The molecule has 94 valence electrons. The van der Waals surface area contributed by atoms with Gasteiger partial charge in [0.2, 0.25) is 0 Å².